The van der Waals surface area contributed by atoms with Crippen molar-refractivity contribution in [2.75, 3.05) is 33.8 Å². The highest BCUT2D eigenvalue weighted by Gasteiger charge is 2.29. The molecule has 1 aliphatic rings. The van der Waals surface area contributed by atoms with Crippen molar-refractivity contribution in [3.8, 4) is 11.1 Å². The van der Waals surface area contributed by atoms with Crippen molar-refractivity contribution in [3.05, 3.63) is 71.8 Å². The molecular formula is C24H27N3O5. The summed E-state index contributed by atoms with van der Waals surface area (Å²) in [5, 5.41) is 13.8. The number of fused-ring (bicyclic) bond motifs is 3. The second-order valence-corrected chi connectivity index (χ2v) is 7.77. The highest BCUT2D eigenvalue weighted by molar-refractivity contribution is 5.86. The van der Waals surface area contributed by atoms with Crippen molar-refractivity contribution >= 4 is 18.0 Å². The molecule has 0 saturated heterocycles. The number of nitrogens with zero attached hydrogens (tertiary/aromatic N) is 1. The number of likely N-dealkylation sites (N-methyl/N-ethyl adjacent to an activating group) is 1. The van der Waals surface area contributed by atoms with Gasteiger partial charge in [-0.05, 0) is 36.3 Å². The normalized spacial score (nSPS) is 13.5. The van der Waals surface area contributed by atoms with E-state index in [2.05, 4.69) is 22.8 Å². The summed E-state index contributed by atoms with van der Waals surface area (Å²) >= 11 is 0. The number of hydrogen-bond donors (Lipinski definition) is 3. The zero-order valence-electron chi connectivity index (χ0n) is 18.1. The number of hydrogen-bond acceptors (Lipinski definition) is 5. The molecule has 0 spiro atoms. The maximum Gasteiger partial charge on any atom is 0.407 e. The van der Waals surface area contributed by atoms with Gasteiger partial charge in [0.1, 0.15) is 12.6 Å². The zero-order chi connectivity index (χ0) is 23.1. The van der Waals surface area contributed by atoms with Crippen molar-refractivity contribution in [2.45, 2.75) is 12.0 Å². The molecule has 8 heteroatoms. The molecule has 0 aromatic heterocycles. The van der Waals surface area contributed by atoms with Crippen LogP contribution in [-0.2, 0) is 14.3 Å². The van der Waals surface area contributed by atoms with Crippen LogP contribution in [0.5, 0.6) is 0 Å². The second-order valence-electron chi connectivity index (χ2n) is 7.77. The van der Waals surface area contributed by atoms with Crippen LogP contribution in [0.3, 0.4) is 0 Å². The summed E-state index contributed by atoms with van der Waals surface area (Å²) in [4.78, 5) is 37.3. The largest absolute Gasteiger partial charge is 0.478 e. The zero-order valence-corrected chi connectivity index (χ0v) is 18.1. The van der Waals surface area contributed by atoms with E-state index in [1.807, 2.05) is 36.4 Å². The molecule has 1 unspecified atom stereocenters. The summed E-state index contributed by atoms with van der Waals surface area (Å²) in [5.74, 6) is -1.60. The van der Waals surface area contributed by atoms with E-state index in [4.69, 9.17) is 9.84 Å². The van der Waals surface area contributed by atoms with Crippen molar-refractivity contribution in [2.24, 2.45) is 0 Å². The molecule has 8 nitrogen and oxygen atoms in total. The fourth-order valence-electron chi connectivity index (χ4n) is 3.78. The number of carbonyl (C=O) groups is 3. The Morgan fingerprint density at radius 1 is 1.06 bits per heavy atom. The van der Waals surface area contributed by atoms with Gasteiger partial charge in [-0.1, -0.05) is 54.6 Å². The van der Waals surface area contributed by atoms with Crippen LogP contribution in [0, 0.1) is 0 Å². The third-order valence-electron chi connectivity index (χ3n) is 5.15. The predicted molar refractivity (Wildman–Crippen MR) is 120 cm³/mol. The summed E-state index contributed by atoms with van der Waals surface area (Å²) in [6, 6.07) is 15.3. The molecule has 0 fully saturated rings. The van der Waals surface area contributed by atoms with E-state index in [1.165, 1.54) is 6.08 Å². The molecule has 0 saturated carbocycles. The average Bonchev–Trinajstić information content (AvgIpc) is 3.08. The van der Waals surface area contributed by atoms with Gasteiger partial charge < -0.3 is 25.4 Å². The van der Waals surface area contributed by atoms with Crippen LogP contribution in [0.15, 0.2) is 60.7 Å². The minimum Gasteiger partial charge on any atom is -0.478 e. The van der Waals surface area contributed by atoms with Crippen molar-refractivity contribution < 1.29 is 24.2 Å². The Morgan fingerprint density at radius 2 is 1.66 bits per heavy atom. The number of alkyl carbamates (subject to hydrolysis) is 1. The van der Waals surface area contributed by atoms with E-state index in [1.54, 1.807) is 19.0 Å². The first-order valence-corrected chi connectivity index (χ1v) is 10.3. The molecule has 1 atom stereocenters. The summed E-state index contributed by atoms with van der Waals surface area (Å²) in [6.07, 6.45) is 1.58. The number of carboxylic acids is 1. The smallest absolute Gasteiger partial charge is 0.407 e. The van der Waals surface area contributed by atoms with Gasteiger partial charge in [0.2, 0.25) is 5.91 Å². The van der Waals surface area contributed by atoms with Gasteiger partial charge >= 0.3 is 12.1 Å². The molecule has 0 bridgehead atoms. The summed E-state index contributed by atoms with van der Waals surface area (Å²) in [6.45, 7) is 0.456. The number of carboxylic acid groups (broad SMARTS) is 1. The molecule has 2 amide bonds. The Balaban J connectivity index is 1.62. The van der Waals surface area contributed by atoms with Gasteiger partial charge in [-0.25, -0.2) is 9.59 Å². The van der Waals surface area contributed by atoms with E-state index in [0.29, 0.717) is 0 Å². The Labute approximate surface area is 186 Å². The molecule has 3 rings (SSSR count). The van der Waals surface area contributed by atoms with Crippen LogP contribution in [0.1, 0.15) is 17.0 Å². The maximum atomic E-state index is 12.5. The molecule has 168 valence electrons. The molecule has 3 N–H and O–H groups in total. The van der Waals surface area contributed by atoms with Crippen LogP contribution >= 0.6 is 0 Å². The predicted octanol–water partition coefficient (Wildman–Crippen LogP) is 2.21. The third-order valence-corrected chi connectivity index (χ3v) is 5.15. The number of benzene rings is 2. The Hall–Kier alpha value is -3.65. The van der Waals surface area contributed by atoms with Gasteiger partial charge in [-0.15, -0.1) is 0 Å². The van der Waals surface area contributed by atoms with Crippen molar-refractivity contribution in [1.29, 1.82) is 0 Å². The fourth-order valence-corrected chi connectivity index (χ4v) is 3.78. The first-order chi connectivity index (χ1) is 15.4. The van der Waals surface area contributed by atoms with Gasteiger partial charge in [0.15, 0.2) is 0 Å². The van der Waals surface area contributed by atoms with Crippen LogP contribution in [0.25, 0.3) is 11.1 Å². The van der Waals surface area contributed by atoms with Gasteiger partial charge in [-0.3, -0.25) is 4.79 Å². The lowest BCUT2D eigenvalue weighted by Gasteiger charge is -2.22. The number of aliphatic carboxylic acids is 1. The molecule has 0 heterocycles. The van der Waals surface area contributed by atoms with Crippen LogP contribution < -0.4 is 10.6 Å². The minimum atomic E-state index is -1.10. The Kier molecular flexibility index (Phi) is 7.62. The van der Waals surface area contributed by atoms with Crippen LogP contribution in [0.4, 0.5) is 4.79 Å². The number of carbonyl (C=O) groups excluding carboxylic acids is 2. The first-order valence-electron chi connectivity index (χ1n) is 10.3. The lowest BCUT2D eigenvalue weighted by molar-refractivity contribution is -0.131. The van der Waals surface area contributed by atoms with E-state index in [0.717, 1.165) is 28.3 Å². The van der Waals surface area contributed by atoms with E-state index in [-0.39, 0.29) is 25.6 Å². The topological polar surface area (TPSA) is 108 Å². The minimum absolute atomic E-state index is 0.0431. The Morgan fingerprint density at radius 3 is 2.22 bits per heavy atom. The Bertz CT molecular complexity index is 973. The SMILES string of the molecule is CN(C)CC(NC(=O)OCC1c2ccccc2-c2ccccc21)C(=O)NC/C=C/C(=O)O. The van der Waals surface area contributed by atoms with E-state index < -0.39 is 24.0 Å². The van der Waals surface area contributed by atoms with Crippen molar-refractivity contribution in [1.82, 2.24) is 15.5 Å². The number of ether oxygens (including phenoxy) is 1. The molecule has 0 radical (unpaired) electrons. The van der Waals surface area contributed by atoms with Gasteiger partial charge in [0.05, 0.1) is 0 Å². The summed E-state index contributed by atoms with van der Waals surface area (Å²) in [5.41, 5.74) is 4.48. The lowest BCUT2D eigenvalue weighted by atomic mass is 9.98. The second kappa shape index (κ2) is 10.6. The maximum absolute atomic E-state index is 12.5. The van der Waals surface area contributed by atoms with Gasteiger partial charge in [-0.2, -0.15) is 0 Å². The average molecular weight is 437 g/mol. The van der Waals surface area contributed by atoms with Crippen molar-refractivity contribution in [3.63, 3.8) is 0 Å². The van der Waals surface area contributed by atoms with Gasteiger partial charge in [0.25, 0.3) is 0 Å². The standard InChI is InChI=1S/C24H27N3O5/c1-27(2)14-21(23(30)25-13-7-12-22(28)29)26-24(31)32-15-20-18-10-5-3-8-16(18)17-9-4-6-11-19(17)20/h3-12,20-21H,13-15H2,1-2H3,(H,25,30)(H,26,31)(H,28,29)/b12-7+. The third kappa shape index (κ3) is 5.73. The number of nitrogens with one attached hydrogen (secondary N) is 2. The molecule has 1 aliphatic carbocycles. The summed E-state index contributed by atoms with van der Waals surface area (Å²) in [7, 11) is 3.56. The molecule has 32 heavy (non-hydrogen) atoms. The monoisotopic (exact) mass is 437 g/mol. The van der Waals surface area contributed by atoms with Crippen LogP contribution in [0.2, 0.25) is 0 Å². The number of rotatable bonds is 9. The number of amides is 2. The summed E-state index contributed by atoms with van der Waals surface area (Å²) < 4.78 is 5.52. The first kappa shape index (κ1) is 23.0. The highest BCUT2D eigenvalue weighted by Crippen LogP contribution is 2.44. The molecular weight excluding hydrogens is 410 g/mol. The van der Waals surface area contributed by atoms with Gasteiger partial charge in [0, 0.05) is 25.1 Å². The molecule has 2 aromatic carbocycles. The quantitative estimate of drug-likeness (QED) is 0.519. The lowest BCUT2D eigenvalue weighted by Crippen LogP contribution is -2.51. The fraction of sp³-hybridized carbons (Fsp3) is 0.292. The van der Waals surface area contributed by atoms with E-state index in [9.17, 15) is 14.4 Å². The molecule has 2 aromatic rings. The highest BCUT2D eigenvalue weighted by atomic mass is 16.5. The molecule has 0 aliphatic heterocycles. The van der Waals surface area contributed by atoms with E-state index >= 15 is 0 Å². The van der Waals surface area contributed by atoms with Crippen LogP contribution in [-0.4, -0.2) is 67.8 Å².